The monoisotopic (exact) mass is 315 g/mol. The second-order valence-electron chi connectivity index (χ2n) is 7.35. The van der Waals surface area contributed by atoms with Gasteiger partial charge in [0.2, 0.25) is 5.91 Å². The first kappa shape index (κ1) is 16.5. The molecule has 2 fully saturated rings. The van der Waals surface area contributed by atoms with Crippen LogP contribution < -0.4 is 5.32 Å². The molecule has 1 aromatic rings. The molecule has 126 valence electrons. The minimum Gasteiger partial charge on any atom is -0.393 e. The zero-order valence-electron chi connectivity index (χ0n) is 13.9. The van der Waals surface area contributed by atoms with Gasteiger partial charge in [-0.3, -0.25) is 4.79 Å². The Kier molecular flexibility index (Phi) is 5.71. The molecule has 0 aliphatic heterocycles. The summed E-state index contributed by atoms with van der Waals surface area (Å²) in [5, 5.41) is 12.7. The molecule has 0 saturated heterocycles. The molecule has 1 amide bonds. The van der Waals surface area contributed by atoms with Gasteiger partial charge >= 0.3 is 0 Å². The van der Waals surface area contributed by atoms with Gasteiger partial charge in [0.25, 0.3) is 0 Å². The number of carbonyl (C=O) groups excluding carboxylic acids is 1. The van der Waals surface area contributed by atoms with E-state index in [0.29, 0.717) is 12.0 Å². The van der Waals surface area contributed by atoms with Crippen LogP contribution in [0.25, 0.3) is 0 Å². The van der Waals surface area contributed by atoms with E-state index < -0.39 is 0 Å². The van der Waals surface area contributed by atoms with Crippen LogP contribution in [0.15, 0.2) is 30.3 Å². The van der Waals surface area contributed by atoms with Crippen molar-refractivity contribution in [1.82, 2.24) is 5.32 Å². The Morgan fingerprint density at radius 3 is 2.57 bits per heavy atom. The van der Waals surface area contributed by atoms with E-state index in [2.05, 4.69) is 35.6 Å². The van der Waals surface area contributed by atoms with Crippen molar-refractivity contribution >= 4 is 5.91 Å². The summed E-state index contributed by atoms with van der Waals surface area (Å²) < 4.78 is 0. The highest BCUT2D eigenvalue weighted by Crippen LogP contribution is 2.36. The molecule has 3 rings (SSSR count). The highest BCUT2D eigenvalue weighted by atomic mass is 16.3. The van der Waals surface area contributed by atoms with Crippen LogP contribution in [-0.2, 0) is 11.2 Å². The van der Waals surface area contributed by atoms with Crippen LogP contribution in [0.2, 0.25) is 0 Å². The van der Waals surface area contributed by atoms with Crippen molar-refractivity contribution in [3.8, 4) is 0 Å². The number of hydrogen-bond acceptors (Lipinski definition) is 2. The third kappa shape index (κ3) is 5.07. The zero-order valence-corrected chi connectivity index (χ0v) is 13.9. The van der Waals surface area contributed by atoms with E-state index in [-0.39, 0.29) is 17.9 Å². The van der Waals surface area contributed by atoms with Crippen LogP contribution >= 0.6 is 0 Å². The van der Waals surface area contributed by atoms with Gasteiger partial charge in [0.15, 0.2) is 0 Å². The third-order valence-electron chi connectivity index (χ3n) is 5.45. The first-order chi connectivity index (χ1) is 11.2. The van der Waals surface area contributed by atoms with Gasteiger partial charge in [-0.15, -0.1) is 0 Å². The molecule has 0 spiro atoms. The lowest BCUT2D eigenvalue weighted by atomic mass is 9.87. The van der Waals surface area contributed by atoms with Crippen molar-refractivity contribution in [3.05, 3.63) is 35.9 Å². The second kappa shape index (κ2) is 7.96. The Morgan fingerprint density at radius 2 is 1.83 bits per heavy atom. The van der Waals surface area contributed by atoms with Gasteiger partial charge in [0.1, 0.15) is 0 Å². The summed E-state index contributed by atoms with van der Waals surface area (Å²) in [6.07, 6.45) is 9.13. The van der Waals surface area contributed by atoms with Crippen molar-refractivity contribution in [2.24, 2.45) is 11.8 Å². The fourth-order valence-corrected chi connectivity index (χ4v) is 3.76. The van der Waals surface area contributed by atoms with Crippen LogP contribution in [0.5, 0.6) is 0 Å². The second-order valence-corrected chi connectivity index (χ2v) is 7.35. The van der Waals surface area contributed by atoms with E-state index in [0.717, 1.165) is 38.5 Å². The van der Waals surface area contributed by atoms with Crippen LogP contribution in [0, 0.1) is 11.8 Å². The Bertz CT molecular complexity index is 494. The quantitative estimate of drug-likeness (QED) is 0.757. The SMILES string of the molecule is O=C(NC1CC1CCCCc1ccccc1)C1CCC(O)CC1. The Balaban J connectivity index is 1.27. The van der Waals surface area contributed by atoms with Gasteiger partial charge in [-0.2, -0.15) is 0 Å². The number of aryl methyl sites for hydroxylation is 1. The maximum Gasteiger partial charge on any atom is 0.223 e. The molecule has 3 nitrogen and oxygen atoms in total. The van der Waals surface area contributed by atoms with Gasteiger partial charge in [0.05, 0.1) is 6.10 Å². The van der Waals surface area contributed by atoms with Crippen LogP contribution in [0.1, 0.15) is 56.9 Å². The fraction of sp³-hybridized carbons (Fsp3) is 0.650. The highest BCUT2D eigenvalue weighted by molar-refractivity contribution is 5.79. The number of nitrogens with one attached hydrogen (secondary N) is 1. The fourth-order valence-electron chi connectivity index (χ4n) is 3.76. The van der Waals surface area contributed by atoms with Crippen molar-refractivity contribution < 1.29 is 9.90 Å². The highest BCUT2D eigenvalue weighted by Gasteiger charge is 2.38. The molecule has 23 heavy (non-hydrogen) atoms. The molecule has 0 radical (unpaired) electrons. The molecular weight excluding hydrogens is 286 g/mol. The van der Waals surface area contributed by atoms with Crippen molar-refractivity contribution in [3.63, 3.8) is 0 Å². The molecule has 2 aliphatic carbocycles. The van der Waals surface area contributed by atoms with Gasteiger partial charge < -0.3 is 10.4 Å². The van der Waals surface area contributed by atoms with Crippen LogP contribution in [0.3, 0.4) is 0 Å². The molecule has 0 bridgehead atoms. The Morgan fingerprint density at radius 1 is 1.09 bits per heavy atom. The maximum atomic E-state index is 12.2. The number of hydrogen-bond donors (Lipinski definition) is 2. The number of aliphatic hydroxyl groups excluding tert-OH is 1. The Hall–Kier alpha value is -1.35. The number of benzene rings is 1. The number of carbonyl (C=O) groups is 1. The van der Waals surface area contributed by atoms with Gasteiger partial charge in [-0.25, -0.2) is 0 Å². The molecule has 0 aromatic heterocycles. The lowest BCUT2D eigenvalue weighted by Crippen LogP contribution is -2.36. The summed E-state index contributed by atoms with van der Waals surface area (Å²) in [6, 6.07) is 11.1. The molecule has 1 aromatic carbocycles. The average molecular weight is 315 g/mol. The predicted octanol–water partition coefficient (Wildman–Crippen LogP) is 3.46. The number of amides is 1. The molecule has 0 heterocycles. The first-order valence-corrected chi connectivity index (χ1v) is 9.24. The summed E-state index contributed by atoms with van der Waals surface area (Å²) in [7, 11) is 0. The van der Waals surface area contributed by atoms with Crippen LogP contribution in [-0.4, -0.2) is 23.2 Å². The molecule has 2 N–H and O–H groups in total. The van der Waals surface area contributed by atoms with E-state index in [1.54, 1.807) is 0 Å². The molecule has 2 aliphatic rings. The molecule has 2 atom stereocenters. The topological polar surface area (TPSA) is 49.3 Å². The van der Waals surface area contributed by atoms with Crippen molar-refractivity contribution in [1.29, 1.82) is 0 Å². The number of unbranched alkanes of at least 4 members (excludes halogenated alkanes) is 1. The summed E-state index contributed by atoms with van der Waals surface area (Å²) in [4.78, 5) is 12.2. The average Bonchev–Trinajstić information content (AvgIpc) is 3.31. The molecular formula is C20H29NO2. The number of aliphatic hydroxyl groups is 1. The largest absolute Gasteiger partial charge is 0.393 e. The molecule has 2 saturated carbocycles. The Labute approximate surface area is 139 Å². The van der Waals surface area contributed by atoms with E-state index in [1.165, 1.54) is 24.8 Å². The van der Waals surface area contributed by atoms with E-state index in [1.807, 2.05) is 0 Å². The van der Waals surface area contributed by atoms with Crippen LogP contribution in [0.4, 0.5) is 0 Å². The zero-order chi connectivity index (χ0) is 16.1. The van der Waals surface area contributed by atoms with Crippen molar-refractivity contribution in [2.75, 3.05) is 0 Å². The standard InChI is InChI=1S/C20H29NO2/c22-18-12-10-16(11-13-18)20(23)21-19-14-17(19)9-5-4-8-15-6-2-1-3-7-15/h1-3,6-7,16-19,22H,4-5,8-14H2,(H,21,23). The lowest BCUT2D eigenvalue weighted by Gasteiger charge is -2.24. The first-order valence-electron chi connectivity index (χ1n) is 9.24. The summed E-state index contributed by atoms with van der Waals surface area (Å²) >= 11 is 0. The van der Waals surface area contributed by atoms with E-state index in [9.17, 15) is 9.90 Å². The normalized spacial score (nSPS) is 30.0. The number of rotatable bonds is 7. The predicted molar refractivity (Wildman–Crippen MR) is 92.0 cm³/mol. The van der Waals surface area contributed by atoms with E-state index >= 15 is 0 Å². The summed E-state index contributed by atoms with van der Waals surface area (Å²) in [6.45, 7) is 0. The minimum atomic E-state index is -0.183. The maximum absolute atomic E-state index is 12.2. The molecule has 3 heteroatoms. The van der Waals surface area contributed by atoms with Gasteiger partial charge in [-0.1, -0.05) is 36.8 Å². The van der Waals surface area contributed by atoms with Gasteiger partial charge in [-0.05, 0) is 62.8 Å². The van der Waals surface area contributed by atoms with E-state index in [4.69, 9.17) is 0 Å². The van der Waals surface area contributed by atoms with Crippen molar-refractivity contribution in [2.45, 2.75) is 69.9 Å². The lowest BCUT2D eigenvalue weighted by molar-refractivity contribution is -0.126. The summed E-state index contributed by atoms with van der Waals surface area (Å²) in [5.74, 6) is 1.07. The van der Waals surface area contributed by atoms with Gasteiger partial charge in [0, 0.05) is 12.0 Å². The molecule has 2 unspecified atom stereocenters. The minimum absolute atomic E-state index is 0.137. The third-order valence-corrected chi connectivity index (χ3v) is 5.45. The summed E-state index contributed by atoms with van der Waals surface area (Å²) in [5.41, 5.74) is 1.42. The smallest absolute Gasteiger partial charge is 0.223 e.